The van der Waals surface area contributed by atoms with Gasteiger partial charge in [-0.3, -0.25) is 9.69 Å². The summed E-state index contributed by atoms with van der Waals surface area (Å²) >= 11 is 0. The number of ether oxygens (including phenoxy) is 2. The Morgan fingerprint density at radius 2 is 1.42 bits per heavy atom. The molecule has 0 saturated carbocycles. The molecule has 236 valence electrons. The summed E-state index contributed by atoms with van der Waals surface area (Å²) in [7, 11) is 0. The van der Waals surface area contributed by atoms with E-state index in [-0.39, 0.29) is 43.9 Å². The summed E-state index contributed by atoms with van der Waals surface area (Å²) in [5.41, 5.74) is 4.17. The topological polar surface area (TPSA) is 76.2 Å². The van der Waals surface area contributed by atoms with Crippen molar-refractivity contribution in [1.29, 1.82) is 0 Å². The van der Waals surface area contributed by atoms with Gasteiger partial charge < -0.3 is 14.4 Å². The maximum atomic E-state index is 14.3. The van der Waals surface area contributed by atoms with Crippen LogP contribution in [0.3, 0.4) is 0 Å². The molecule has 2 fully saturated rings. The highest BCUT2D eigenvalue weighted by Gasteiger charge is 2.53. The number of rotatable bonds is 7. The maximum absolute atomic E-state index is 14.3. The lowest BCUT2D eigenvalue weighted by atomic mass is 9.98. The first kappa shape index (κ1) is 30.5. The molecule has 45 heavy (non-hydrogen) atoms. The van der Waals surface area contributed by atoms with Crippen LogP contribution in [0.25, 0.3) is 11.1 Å². The molecule has 2 amide bonds. The Kier molecular flexibility index (Phi) is 8.00. The lowest BCUT2D eigenvalue weighted by Gasteiger charge is -2.30. The van der Waals surface area contributed by atoms with Crippen molar-refractivity contribution < 1.29 is 45.8 Å². The van der Waals surface area contributed by atoms with Crippen molar-refractivity contribution in [1.82, 2.24) is 9.80 Å². The Morgan fingerprint density at radius 1 is 0.867 bits per heavy atom. The molecule has 0 unspecified atom stereocenters. The standard InChI is InChI=1S/C33H29F5N2O5/c1-16(2)13-23(32(42)45-30-27(37)25(35)24(34)26(36)28(30)38)40-14-17-11-12-39(29(17)31(40)41)33(43)44-15-22-20-9-5-3-7-18(20)19-8-4-6-10-21(19)22/h3-10,16-17,22-23,29H,11-15H2,1-2H3/t17-,23-,29-/m1/s1. The third kappa shape index (κ3) is 5.19. The van der Waals surface area contributed by atoms with Crippen molar-refractivity contribution in [3.8, 4) is 16.9 Å². The zero-order chi connectivity index (χ0) is 32.2. The van der Waals surface area contributed by atoms with Crippen molar-refractivity contribution in [2.45, 2.75) is 44.7 Å². The molecule has 3 aliphatic rings. The van der Waals surface area contributed by atoms with Gasteiger partial charge >= 0.3 is 12.1 Å². The molecular weight excluding hydrogens is 599 g/mol. The number of esters is 1. The van der Waals surface area contributed by atoms with Crippen molar-refractivity contribution in [2.75, 3.05) is 19.7 Å². The average Bonchev–Trinajstić information content (AvgIpc) is 3.70. The fourth-order valence-electron chi connectivity index (χ4n) is 6.70. The van der Waals surface area contributed by atoms with Crippen LogP contribution in [0, 0.1) is 40.9 Å². The molecule has 0 N–H and O–H groups in total. The summed E-state index contributed by atoms with van der Waals surface area (Å²) in [6.07, 6.45) is -0.285. The van der Waals surface area contributed by atoms with E-state index in [0.717, 1.165) is 27.2 Å². The lowest BCUT2D eigenvalue weighted by Crippen LogP contribution is -2.50. The monoisotopic (exact) mass is 628 g/mol. The largest absolute Gasteiger partial charge is 0.448 e. The van der Waals surface area contributed by atoms with Crippen LogP contribution < -0.4 is 4.74 Å². The number of amides is 2. The second-order valence-corrected chi connectivity index (χ2v) is 11.9. The van der Waals surface area contributed by atoms with E-state index in [4.69, 9.17) is 9.47 Å². The molecule has 0 bridgehead atoms. The summed E-state index contributed by atoms with van der Waals surface area (Å²) in [5, 5.41) is 0. The molecular formula is C33H29F5N2O5. The van der Waals surface area contributed by atoms with E-state index in [1.807, 2.05) is 48.5 Å². The number of halogens is 5. The van der Waals surface area contributed by atoms with Crippen molar-refractivity contribution in [2.24, 2.45) is 11.8 Å². The SMILES string of the molecule is CC(C)C[C@H](C(=O)Oc1c(F)c(F)c(F)c(F)c1F)N1C[C@H]2CCN(C(=O)OCC3c4ccccc4-c4ccccc43)[C@H]2C1=O. The van der Waals surface area contributed by atoms with Gasteiger partial charge in [0.05, 0.1) is 0 Å². The van der Waals surface area contributed by atoms with E-state index >= 15 is 0 Å². The third-order valence-corrected chi connectivity index (χ3v) is 8.78. The zero-order valence-corrected chi connectivity index (χ0v) is 24.4. The molecule has 2 heterocycles. The van der Waals surface area contributed by atoms with Crippen LogP contribution in [0.2, 0.25) is 0 Å². The van der Waals surface area contributed by atoms with Crippen molar-refractivity contribution in [3.05, 3.63) is 88.7 Å². The van der Waals surface area contributed by atoms with E-state index in [1.54, 1.807) is 13.8 Å². The predicted molar refractivity (Wildman–Crippen MR) is 150 cm³/mol. The third-order valence-electron chi connectivity index (χ3n) is 8.78. The number of fused-ring (bicyclic) bond motifs is 4. The van der Waals surface area contributed by atoms with Crippen LogP contribution in [0.1, 0.15) is 43.7 Å². The molecule has 2 aliphatic heterocycles. The number of benzene rings is 3. The van der Waals surface area contributed by atoms with Crippen LogP contribution in [0.4, 0.5) is 26.7 Å². The molecule has 12 heteroatoms. The first-order valence-corrected chi connectivity index (χ1v) is 14.6. The molecule has 7 nitrogen and oxygen atoms in total. The van der Waals surface area contributed by atoms with Gasteiger partial charge in [0, 0.05) is 24.9 Å². The van der Waals surface area contributed by atoms with E-state index in [1.165, 1.54) is 4.90 Å². The maximum Gasteiger partial charge on any atom is 0.410 e. The van der Waals surface area contributed by atoms with Gasteiger partial charge in [0.15, 0.2) is 0 Å². The van der Waals surface area contributed by atoms with Crippen molar-refractivity contribution >= 4 is 18.0 Å². The summed E-state index contributed by atoms with van der Waals surface area (Å²) < 4.78 is 80.1. The molecule has 2 saturated heterocycles. The van der Waals surface area contributed by atoms with Crippen LogP contribution in [0.15, 0.2) is 48.5 Å². The smallest absolute Gasteiger partial charge is 0.410 e. The molecule has 6 rings (SSSR count). The second-order valence-electron chi connectivity index (χ2n) is 11.9. The molecule has 3 aromatic carbocycles. The average molecular weight is 629 g/mol. The first-order chi connectivity index (χ1) is 21.5. The van der Waals surface area contributed by atoms with Gasteiger partial charge in [0.25, 0.3) is 0 Å². The minimum absolute atomic E-state index is 0.0235. The Balaban J connectivity index is 1.18. The Morgan fingerprint density at radius 3 is 2.00 bits per heavy atom. The number of hydrogen-bond acceptors (Lipinski definition) is 5. The quantitative estimate of drug-likeness (QED) is 0.103. The number of carbonyl (C=O) groups excluding carboxylic acids is 3. The normalized spacial score (nSPS) is 19.5. The Bertz CT molecular complexity index is 1620. The van der Waals surface area contributed by atoms with Crippen LogP contribution in [0.5, 0.6) is 5.75 Å². The van der Waals surface area contributed by atoms with E-state index in [9.17, 15) is 36.3 Å². The highest BCUT2D eigenvalue weighted by Crippen LogP contribution is 2.45. The summed E-state index contributed by atoms with van der Waals surface area (Å²) in [5.74, 6) is -16.0. The molecule has 0 spiro atoms. The fourth-order valence-corrected chi connectivity index (χ4v) is 6.70. The van der Waals surface area contributed by atoms with Gasteiger partial charge in [-0.25, -0.2) is 22.8 Å². The highest BCUT2D eigenvalue weighted by atomic mass is 19.2. The van der Waals surface area contributed by atoms with Crippen LogP contribution in [-0.4, -0.2) is 59.5 Å². The number of likely N-dealkylation sites (tertiary alicyclic amines) is 2. The summed E-state index contributed by atoms with van der Waals surface area (Å²) in [6, 6.07) is 13.4. The Labute approximate surface area is 255 Å². The van der Waals surface area contributed by atoms with Gasteiger partial charge in [-0.05, 0) is 41.0 Å². The molecule has 3 aromatic rings. The zero-order valence-electron chi connectivity index (χ0n) is 24.4. The molecule has 0 aromatic heterocycles. The number of nitrogens with zero attached hydrogens (tertiary/aromatic N) is 2. The number of hydrogen-bond donors (Lipinski definition) is 0. The number of carbonyl (C=O) groups is 3. The van der Waals surface area contributed by atoms with Gasteiger partial charge in [-0.2, -0.15) is 8.78 Å². The van der Waals surface area contributed by atoms with Crippen molar-refractivity contribution in [3.63, 3.8) is 0 Å². The van der Waals surface area contributed by atoms with Gasteiger partial charge in [0.1, 0.15) is 18.7 Å². The minimum Gasteiger partial charge on any atom is -0.448 e. The van der Waals surface area contributed by atoms with Crippen LogP contribution >= 0.6 is 0 Å². The summed E-state index contributed by atoms with van der Waals surface area (Å²) in [4.78, 5) is 42.7. The van der Waals surface area contributed by atoms with E-state index in [0.29, 0.717) is 6.42 Å². The highest BCUT2D eigenvalue weighted by molar-refractivity contribution is 5.93. The summed E-state index contributed by atoms with van der Waals surface area (Å²) in [6.45, 7) is 3.77. The van der Waals surface area contributed by atoms with E-state index < -0.39 is 64.9 Å². The van der Waals surface area contributed by atoms with Crippen LogP contribution in [-0.2, 0) is 14.3 Å². The second kappa shape index (κ2) is 11.8. The lowest BCUT2D eigenvalue weighted by molar-refractivity contribution is -0.148. The molecule has 0 radical (unpaired) electrons. The van der Waals surface area contributed by atoms with Gasteiger partial charge in [0.2, 0.25) is 40.7 Å². The molecule has 3 atom stereocenters. The fraction of sp³-hybridized carbons (Fsp3) is 0.364. The Hall–Kier alpha value is -4.48. The van der Waals surface area contributed by atoms with Gasteiger partial charge in [-0.1, -0.05) is 62.4 Å². The minimum atomic E-state index is -2.39. The predicted octanol–water partition coefficient (Wildman–Crippen LogP) is 6.18. The first-order valence-electron chi connectivity index (χ1n) is 14.6. The molecule has 1 aliphatic carbocycles. The van der Waals surface area contributed by atoms with Gasteiger partial charge in [-0.15, -0.1) is 0 Å². The van der Waals surface area contributed by atoms with E-state index in [2.05, 4.69) is 0 Å².